The Kier molecular flexibility index (Phi) is 2.57. The Bertz CT molecular complexity index is 99.1. The second kappa shape index (κ2) is 3.02. The van der Waals surface area contributed by atoms with Crippen molar-refractivity contribution in [3.8, 4) is 0 Å². The molecule has 46 valence electrons. The molecule has 0 spiro atoms. The third-order valence-electron chi connectivity index (χ3n) is 1.51. The summed E-state index contributed by atoms with van der Waals surface area (Å²) >= 11 is 6.65. The molecule has 0 bridgehead atoms. The summed E-state index contributed by atoms with van der Waals surface area (Å²) in [6.07, 6.45) is 6.39. The molecule has 0 unspecified atom stereocenters. The summed E-state index contributed by atoms with van der Waals surface area (Å²) in [5, 5.41) is 0. The van der Waals surface area contributed by atoms with E-state index in [-0.39, 0.29) is 0 Å². The van der Waals surface area contributed by atoms with Crippen molar-refractivity contribution < 1.29 is 0 Å². The lowest BCUT2D eigenvalue weighted by atomic mass is 9.86. The molecule has 1 aliphatic rings. The first-order chi connectivity index (χ1) is 3.79. The molecule has 8 heavy (non-hydrogen) atoms. The highest BCUT2D eigenvalue weighted by Gasteiger charge is 2.13. The number of hydrogen-bond acceptors (Lipinski definition) is 0. The van der Waals surface area contributed by atoms with Crippen molar-refractivity contribution in [2.45, 2.75) is 19.3 Å². The van der Waals surface area contributed by atoms with Crippen LogP contribution in [-0.2, 0) is 0 Å². The summed E-state index contributed by atoms with van der Waals surface area (Å²) in [4.78, 5) is 0. The molecule has 1 rings (SSSR count). The molecular weight excluding hydrogens is 232 g/mol. The van der Waals surface area contributed by atoms with E-state index in [1.807, 2.05) is 0 Å². The van der Waals surface area contributed by atoms with Crippen LogP contribution in [0.3, 0.4) is 0 Å². The van der Waals surface area contributed by atoms with Crippen molar-refractivity contribution in [1.29, 1.82) is 0 Å². The van der Waals surface area contributed by atoms with Crippen molar-refractivity contribution in [3.63, 3.8) is 0 Å². The van der Waals surface area contributed by atoms with Gasteiger partial charge in [0.15, 0.2) is 0 Å². The highest BCUT2D eigenvalue weighted by molar-refractivity contribution is 9.28. The van der Waals surface area contributed by atoms with Gasteiger partial charge in [0.05, 0.1) is 3.39 Å². The average molecular weight is 240 g/mol. The summed E-state index contributed by atoms with van der Waals surface area (Å²) in [7, 11) is 0. The molecule has 0 aromatic carbocycles. The monoisotopic (exact) mass is 238 g/mol. The van der Waals surface area contributed by atoms with Crippen LogP contribution in [0.2, 0.25) is 0 Å². The molecule has 2 heteroatoms. The van der Waals surface area contributed by atoms with Gasteiger partial charge in [-0.25, -0.2) is 0 Å². The first-order valence-electron chi connectivity index (χ1n) is 2.82. The molecule has 0 aromatic rings. The number of rotatable bonds is 1. The van der Waals surface area contributed by atoms with Gasteiger partial charge < -0.3 is 0 Å². The van der Waals surface area contributed by atoms with E-state index in [1.54, 1.807) is 0 Å². The van der Waals surface area contributed by atoms with Gasteiger partial charge in [-0.1, -0.05) is 12.5 Å². The first kappa shape index (κ1) is 6.81. The van der Waals surface area contributed by atoms with Crippen LogP contribution in [0.25, 0.3) is 0 Å². The normalized spacial score (nSPS) is 19.8. The summed E-state index contributed by atoms with van der Waals surface area (Å²) in [6.45, 7) is 0. The zero-order valence-corrected chi connectivity index (χ0v) is 7.70. The molecular formula is C6H8Br2. The van der Waals surface area contributed by atoms with Gasteiger partial charge in [0, 0.05) is 0 Å². The first-order valence-corrected chi connectivity index (χ1v) is 4.40. The van der Waals surface area contributed by atoms with Crippen molar-refractivity contribution in [2.75, 3.05) is 0 Å². The Hall–Kier alpha value is 0.700. The largest absolute Gasteiger partial charge is 0.0601 e. The molecule has 0 atom stereocenters. The van der Waals surface area contributed by atoms with Gasteiger partial charge in [0.2, 0.25) is 0 Å². The zero-order valence-electron chi connectivity index (χ0n) is 4.53. The molecule has 0 heterocycles. The van der Waals surface area contributed by atoms with E-state index < -0.39 is 0 Å². The fraction of sp³-hybridized carbons (Fsp3) is 0.667. The van der Waals surface area contributed by atoms with E-state index in [1.165, 1.54) is 19.3 Å². The topological polar surface area (TPSA) is 0 Å². The van der Waals surface area contributed by atoms with Crippen LogP contribution >= 0.6 is 31.9 Å². The van der Waals surface area contributed by atoms with Crippen LogP contribution in [0.15, 0.2) is 9.47 Å². The maximum Gasteiger partial charge on any atom is 0.0567 e. The van der Waals surface area contributed by atoms with Crippen molar-refractivity contribution in [1.82, 2.24) is 0 Å². The molecule has 0 aliphatic heterocycles. The summed E-state index contributed by atoms with van der Waals surface area (Å²) in [6, 6.07) is 0. The Labute approximate surface area is 66.6 Å². The van der Waals surface area contributed by atoms with Gasteiger partial charge in [-0.05, 0) is 50.6 Å². The Morgan fingerprint density at radius 1 is 1.38 bits per heavy atom. The average Bonchev–Trinajstić information content (AvgIpc) is 1.55. The molecule has 1 saturated carbocycles. The van der Waals surface area contributed by atoms with E-state index in [0.717, 1.165) is 9.31 Å². The fourth-order valence-corrected chi connectivity index (χ4v) is 1.53. The van der Waals surface area contributed by atoms with Gasteiger partial charge in [0.1, 0.15) is 0 Å². The summed E-state index contributed by atoms with van der Waals surface area (Å²) in [5.74, 6) is 0.851. The minimum Gasteiger partial charge on any atom is -0.0601 e. The van der Waals surface area contributed by atoms with E-state index in [9.17, 15) is 0 Å². The van der Waals surface area contributed by atoms with Crippen molar-refractivity contribution >= 4 is 31.9 Å². The molecule has 0 N–H and O–H groups in total. The zero-order chi connectivity index (χ0) is 5.98. The lowest BCUT2D eigenvalue weighted by Gasteiger charge is -2.21. The van der Waals surface area contributed by atoms with E-state index in [2.05, 4.69) is 37.9 Å². The Morgan fingerprint density at radius 3 is 2.12 bits per heavy atom. The smallest absolute Gasteiger partial charge is 0.0567 e. The van der Waals surface area contributed by atoms with E-state index in [4.69, 9.17) is 0 Å². The van der Waals surface area contributed by atoms with Crippen LogP contribution in [0.1, 0.15) is 19.3 Å². The number of allylic oxidation sites excluding steroid dienone is 1. The highest BCUT2D eigenvalue weighted by atomic mass is 79.9. The van der Waals surface area contributed by atoms with Crippen LogP contribution in [0.4, 0.5) is 0 Å². The van der Waals surface area contributed by atoms with Crippen molar-refractivity contribution in [3.05, 3.63) is 9.47 Å². The van der Waals surface area contributed by atoms with Gasteiger partial charge in [-0.15, -0.1) is 0 Å². The van der Waals surface area contributed by atoms with Crippen LogP contribution in [0, 0.1) is 5.92 Å². The van der Waals surface area contributed by atoms with Gasteiger partial charge >= 0.3 is 0 Å². The van der Waals surface area contributed by atoms with Gasteiger partial charge in [-0.2, -0.15) is 0 Å². The maximum atomic E-state index is 3.33. The van der Waals surface area contributed by atoms with Crippen LogP contribution in [-0.4, -0.2) is 0 Å². The fourth-order valence-electron chi connectivity index (χ4n) is 0.785. The number of hydrogen-bond donors (Lipinski definition) is 0. The predicted molar refractivity (Wildman–Crippen MR) is 43.3 cm³/mol. The lowest BCUT2D eigenvalue weighted by molar-refractivity contribution is 0.388. The van der Waals surface area contributed by atoms with Gasteiger partial charge in [0.25, 0.3) is 0 Å². The second-order valence-corrected chi connectivity index (χ2v) is 4.92. The lowest BCUT2D eigenvalue weighted by Crippen LogP contribution is -2.06. The van der Waals surface area contributed by atoms with Crippen LogP contribution < -0.4 is 0 Å². The van der Waals surface area contributed by atoms with Gasteiger partial charge in [-0.3, -0.25) is 0 Å². The van der Waals surface area contributed by atoms with Crippen LogP contribution in [0.5, 0.6) is 0 Å². The molecule has 0 amide bonds. The van der Waals surface area contributed by atoms with E-state index >= 15 is 0 Å². The highest BCUT2D eigenvalue weighted by Crippen LogP contribution is 2.30. The maximum absolute atomic E-state index is 3.33. The van der Waals surface area contributed by atoms with Crippen molar-refractivity contribution in [2.24, 2.45) is 5.92 Å². The third kappa shape index (κ3) is 1.90. The Morgan fingerprint density at radius 2 is 2.00 bits per heavy atom. The number of halogens is 2. The molecule has 0 saturated heterocycles. The third-order valence-corrected chi connectivity index (χ3v) is 2.04. The molecule has 0 radical (unpaired) electrons. The molecule has 1 aliphatic carbocycles. The minimum absolute atomic E-state index is 0.851. The van der Waals surface area contributed by atoms with E-state index in [0.29, 0.717) is 0 Å². The SMILES string of the molecule is BrC(Br)=CC1CCC1. The minimum atomic E-state index is 0.851. The molecule has 0 aromatic heterocycles. The Balaban J connectivity index is 2.27. The summed E-state index contributed by atoms with van der Waals surface area (Å²) < 4.78 is 1.11. The standard InChI is InChI=1S/C6H8Br2/c7-6(8)4-5-2-1-3-5/h4-5H,1-3H2. The molecule has 1 fully saturated rings. The predicted octanol–water partition coefficient (Wildman–Crippen LogP) is 3.42. The summed E-state index contributed by atoms with van der Waals surface area (Å²) in [5.41, 5.74) is 0. The second-order valence-electron chi connectivity index (χ2n) is 2.15. The quantitative estimate of drug-likeness (QED) is 0.658. The molecule has 0 nitrogen and oxygen atoms in total.